The number of esters is 2. The fourth-order valence-corrected chi connectivity index (χ4v) is 3.18. The quantitative estimate of drug-likeness (QED) is 0.338. The topological polar surface area (TPSA) is 105 Å². The Labute approximate surface area is 175 Å². The maximum Gasteiger partial charge on any atom is 0.338 e. The number of halogens is 2. The van der Waals surface area contributed by atoms with Crippen molar-refractivity contribution in [2.45, 2.75) is 13.8 Å². The van der Waals surface area contributed by atoms with Gasteiger partial charge >= 0.3 is 11.9 Å². The van der Waals surface area contributed by atoms with E-state index in [0.29, 0.717) is 0 Å². The summed E-state index contributed by atoms with van der Waals surface area (Å²) < 4.78 is 9.70. The molecule has 0 amide bonds. The average Bonchev–Trinajstić information content (AvgIpc) is 2.60. The van der Waals surface area contributed by atoms with Gasteiger partial charge in [0.2, 0.25) is 0 Å². The van der Waals surface area contributed by atoms with Crippen molar-refractivity contribution in [1.82, 2.24) is 0 Å². The minimum absolute atomic E-state index is 0. The number of hydrogen-bond acceptors (Lipinski definition) is 8. The van der Waals surface area contributed by atoms with E-state index in [9.17, 15) is 9.59 Å². The van der Waals surface area contributed by atoms with E-state index in [2.05, 4.69) is 0 Å². The molecule has 4 N–H and O–H groups in total. The number of nitrogens with two attached hydrogens (primary N) is 2. The van der Waals surface area contributed by atoms with Gasteiger partial charge < -0.3 is 20.9 Å². The molecule has 0 fully saturated rings. The van der Waals surface area contributed by atoms with Crippen LogP contribution in [0.5, 0.6) is 0 Å². The summed E-state index contributed by atoms with van der Waals surface area (Å²) in [4.78, 5) is 23.1. The average molecular weight is 447 g/mol. The van der Waals surface area contributed by atoms with E-state index in [1.165, 1.54) is 0 Å². The molecule has 0 atom stereocenters. The standard InChI is InChI=1S/C12H14O4.C4H12N2S2.2ClH/c1-3-15-11(13)9-7-5-6-8-10(9)12(14)16-4-2;5-1-3-7-8-4-2-6;;/h5-8H,3-4H2,1-2H3;1-6H2;2*1H. The van der Waals surface area contributed by atoms with Gasteiger partial charge in [0.1, 0.15) is 0 Å². The molecule has 0 radical (unpaired) electrons. The summed E-state index contributed by atoms with van der Waals surface area (Å²) in [5.74, 6) is 1.05. The summed E-state index contributed by atoms with van der Waals surface area (Å²) in [6.07, 6.45) is 0. The Bertz CT molecular complexity index is 454. The third-order valence-corrected chi connectivity index (χ3v) is 4.87. The Morgan fingerprint density at radius 3 is 1.46 bits per heavy atom. The molecular formula is C16H28Cl2N2O4S2. The van der Waals surface area contributed by atoms with Gasteiger partial charge in [-0.05, 0) is 26.0 Å². The Morgan fingerprint density at radius 1 is 0.846 bits per heavy atom. The number of benzene rings is 1. The first-order valence-electron chi connectivity index (χ1n) is 7.70. The number of carbonyl (C=O) groups excluding carboxylic acids is 2. The third-order valence-electron chi connectivity index (χ3n) is 2.40. The maximum absolute atomic E-state index is 11.5. The Morgan fingerprint density at radius 2 is 1.19 bits per heavy atom. The molecule has 6 nitrogen and oxygen atoms in total. The molecule has 0 heterocycles. The molecule has 0 unspecified atom stereocenters. The zero-order valence-corrected chi connectivity index (χ0v) is 18.2. The van der Waals surface area contributed by atoms with Gasteiger partial charge in [0, 0.05) is 24.6 Å². The fraction of sp³-hybridized carbons (Fsp3) is 0.500. The highest BCUT2D eigenvalue weighted by Gasteiger charge is 2.17. The fourth-order valence-electron chi connectivity index (χ4n) is 1.47. The van der Waals surface area contributed by atoms with E-state index in [1.807, 2.05) is 0 Å². The first-order valence-corrected chi connectivity index (χ1v) is 10.2. The number of carbonyl (C=O) groups is 2. The van der Waals surface area contributed by atoms with Crippen LogP contribution in [0, 0.1) is 0 Å². The lowest BCUT2D eigenvalue weighted by atomic mass is 10.1. The van der Waals surface area contributed by atoms with Crippen molar-refractivity contribution in [3.05, 3.63) is 35.4 Å². The molecule has 1 aromatic rings. The van der Waals surface area contributed by atoms with E-state index in [0.717, 1.165) is 24.6 Å². The van der Waals surface area contributed by atoms with Crippen molar-refractivity contribution < 1.29 is 19.1 Å². The van der Waals surface area contributed by atoms with Crippen molar-refractivity contribution in [3.8, 4) is 0 Å². The Hall–Kier alpha value is -0.640. The normalized spacial score (nSPS) is 8.92. The second kappa shape index (κ2) is 20.7. The van der Waals surface area contributed by atoms with Crippen LogP contribution in [0.1, 0.15) is 34.6 Å². The van der Waals surface area contributed by atoms with E-state index >= 15 is 0 Å². The van der Waals surface area contributed by atoms with E-state index in [1.54, 1.807) is 59.7 Å². The number of ether oxygens (including phenoxy) is 2. The van der Waals surface area contributed by atoms with Crippen molar-refractivity contribution in [3.63, 3.8) is 0 Å². The molecule has 0 saturated heterocycles. The van der Waals surface area contributed by atoms with Gasteiger partial charge in [-0.25, -0.2) is 9.59 Å². The van der Waals surface area contributed by atoms with Crippen molar-refractivity contribution in [2.24, 2.45) is 11.5 Å². The largest absolute Gasteiger partial charge is 0.462 e. The van der Waals surface area contributed by atoms with Crippen LogP contribution >= 0.6 is 46.4 Å². The smallest absolute Gasteiger partial charge is 0.338 e. The Balaban J connectivity index is -0.000000457. The molecular weight excluding hydrogens is 419 g/mol. The second-order valence-corrected chi connectivity index (χ2v) is 6.91. The highest BCUT2D eigenvalue weighted by molar-refractivity contribution is 8.76. The van der Waals surface area contributed by atoms with Gasteiger partial charge in [-0.15, -0.1) is 24.8 Å². The first kappa shape index (κ1) is 30.1. The summed E-state index contributed by atoms with van der Waals surface area (Å²) in [7, 11) is 3.58. The molecule has 0 saturated carbocycles. The number of rotatable bonds is 9. The molecule has 10 heteroatoms. The minimum atomic E-state index is -0.508. The summed E-state index contributed by atoms with van der Waals surface area (Å²) >= 11 is 0. The molecule has 0 aliphatic rings. The van der Waals surface area contributed by atoms with Crippen molar-refractivity contribution in [1.29, 1.82) is 0 Å². The zero-order chi connectivity index (χ0) is 18.2. The van der Waals surface area contributed by atoms with Crippen LogP contribution in [0.3, 0.4) is 0 Å². The molecule has 1 aromatic carbocycles. The third kappa shape index (κ3) is 13.5. The number of hydrogen-bond donors (Lipinski definition) is 2. The zero-order valence-electron chi connectivity index (χ0n) is 15.0. The van der Waals surface area contributed by atoms with Gasteiger partial charge in [-0.2, -0.15) is 0 Å². The predicted molar refractivity (Wildman–Crippen MR) is 116 cm³/mol. The minimum Gasteiger partial charge on any atom is -0.462 e. The lowest BCUT2D eigenvalue weighted by Gasteiger charge is -2.07. The molecule has 0 spiro atoms. The monoisotopic (exact) mass is 446 g/mol. The molecule has 0 bridgehead atoms. The van der Waals surface area contributed by atoms with Crippen LogP contribution in [0.4, 0.5) is 0 Å². The summed E-state index contributed by atoms with van der Waals surface area (Å²) in [5.41, 5.74) is 11.0. The van der Waals surface area contributed by atoms with Gasteiger partial charge in [-0.1, -0.05) is 33.7 Å². The molecule has 0 aliphatic carbocycles. The molecule has 1 rings (SSSR count). The second-order valence-electron chi connectivity index (χ2n) is 4.21. The van der Waals surface area contributed by atoms with E-state index < -0.39 is 11.9 Å². The lowest BCUT2D eigenvalue weighted by molar-refractivity contribution is 0.0479. The summed E-state index contributed by atoms with van der Waals surface area (Å²) in [6, 6.07) is 6.44. The molecule has 26 heavy (non-hydrogen) atoms. The maximum atomic E-state index is 11.5. The molecule has 0 aromatic heterocycles. The predicted octanol–water partition coefficient (Wildman–Crippen LogP) is 3.17. The molecule has 0 aliphatic heterocycles. The van der Waals surface area contributed by atoms with Gasteiger partial charge in [0.25, 0.3) is 0 Å². The van der Waals surface area contributed by atoms with E-state index in [4.69, 9.17) is 20.9 Å². The van der Waals surface area contributed by atoms with E-state index in [-0.39, 0.29) is 49.2 Å². The van der Waals surface area contributed by atoms with Crippen molar-refractivity contribution in [2.75, 3.05) is 37.8 Å². The van der Waals surface area contributed by atoms with Crippen LogP contribution in [-0.2, 0) is 9.47 Å². The first-order chi connectivity index (χ1) is 11.6. The van der Waals surface area contributed by atoms with Gasteiger partial charge in [0.05, 0.1) is 24.3 Å². The van der Waals surface area contributed by atoms with Crippen LogP contribution in [-0.4, -0.2) is 49.7 Å². The summed E-state index contributed by atoms with van der Waals surface area (Å²) in [5, 5.41) is 0. The molecule has 152 valence electrons. The summed E-state index contributed by atoms with van der Waals surface area (Å²) in [6.45, 7) is 5.51. The van der Waals surface area contributed by atoms with Gasteiger partial charge in [-0.3, -0.25) is 0 Å². The van der Waals surface area contributed by atoms with Crippen LogP contribution in [0.25, 0.3) is 0 Å². The lowest BCUT2D eigenvalue weighted by Crippen LogP contribution is -2.13. The van der Waals surface area contributed by atoms with Crippen LogP contribution in [0.15, 0.2) is 24.3 Å². The van der Waals surface area contributed by atoms with Crippen LogP contribution in [0.2, 0.25) is 0 Å². The SMILES string of the molecule is CCOC(=O)c1ccccc1C(=O)OCC.Cl.Cl.NCCSSCCN. The Kier molecular flexibility index (Phi) is 23.9. The highest BCUT2D eigenvalue weighted by atomic mass is 35.5. The highest BCUT2D eigenvalue weighted by Crippen LogP contribution is 2.18. The van der Waals surface area contributed by atoms with Gasteiger partial charge in [0.15, 0.2) is 0 Å². The van der Waals surface area contributed by atoms with Crippen LogP contribution < -0.4 is 11.5 Å². The van der Waals surface area contributed by atoms with Crippen molar-refractivity contribution >= 4 is 58.3 Å².